The molecule has 3 aliphatic heterocycles. The van der Waals surface area contributed by atoms with Gasteiger partial charge in [-0.05, 0) is 30.9 Å². The Morgan fingerprint density at radius 3 is 2.44 bits per heavy atom. The third-order valence-corrected chi connectivity index (χ3v) is 9.24. The summed E-state index contributed by atoms with van der Waals surface area (Å²) in [5.41, 5.74) is 0.494. The van der Waals surface area contributed by atoms with Gasteiger partial charge in [0.15, 0.2) is 0 Å². The molecule has 1 spiro atoms. The number of nitrogens with one attached hydrogen (secondary N) is 2. The van der Waals surface area contributed by atoms with Gasteiger partial charge in [-0.3, -0.25) is 14.4 Å². The molecule has 0 saturated carbocycles. The summed E-state index contributed by atoms with van der Waals surface area (Å²) in [4.78, 5) is 43.3. The quantitative estimate of drug-likeness (QED) is 0.365. The first-order valence-corrected chi connectivity index (χ1v) is 14.7. The van der Waals surface area contributed by atoms with Crippen molar-refractivity contribution in [3.05, 3.63) is 71.8 Å². The zero-order valence-corrected chi connectivity index (χ0v) is 23.8. The maximum absolute atomic E-state index is 14.3. The number of alkyl halides is 1. The van der Waals surface area contributed by atoms with Crippen molar-refractivity contribution in [1.82, 2.24) is 15.5 Å². The molecule has 3 fully saturated rings. The topological polar surface area (TPSA) is 108 Å². The fraction of sp³-hybridized carbons (Fsp3) is 0.500. The van der Waals surface area contributed by atoms with Crippen LogP contribution in [-0.2, 0) is 25.7 Å². The third kappa shape index (κ3) is 4.89. The molecule has 2 bridgehead atoms. The lowest BCUT2D eigenvalue weighted by Crippen LogP contribution is -2.57. The molecular formula is C30H36BrN3O5. The maximum Gasteiger partial charge on any atom is 0.246 e. The first-order valence-electron chi connectivity index (χ1n) is 13.7. The molecule has 4 unspecified atom stereocenters. The van der Waals surface area contributed by atoms with Gasteiger partial charge in [-0.1, -0.05) is 89.9 Å². The third-order valence-electron chi connectivity index (χ3n) is 8.39. The Bertz CT molecular complexity index is 1200. The molecule has 3 heterocycles. The van der Waals surface area contributed by atoms with Crippen LogP contribution in [0, 0.1) is 11.8 Å². The van der Waals surface area contributed by atoms with Crippen molar-refractivity contribution in [1.29, 1.82) is 0 Å². The average Bonchev–Trinajstić information content (AvgIpc) is 3.52. The van der Waals surface area contributed by atoms with E-state index in [0.29, 0.717) is 13.0 Å². The highest BCUT2D eigenvalue weighted by Crippen LogP contribution is 2.61. The van der Waals surface area contributed by atoms with Gasteiger partial charge in [0, 0.05) is 17.4 Å². The van der Waals surface area contributed by atoms with E-state index < -0.39 is 35.6 Å². The summed E-state index contributed by atoms with van der Waals surface area (Å²) in [7, 11) is 0. The number of hydrogen-bond acceptors (Lipinski definition) is 5. The zero-order chi connectivity index (χ0) is 27.7. The van der Waals surface area contributed by atoms with Crippen molar-refractivity contribution >= 4 is 33.7 Å². The Hall–Kier alpha value is -2.75. The van der Waals surface area contributed by atoms with Crippen LogP contribution in [0.5, 0.6) is 0 Å². The molecule has 2 aromatic carbocycles. The van der Waals surface area contributed by atoms with E-state index in [-0.39, 0.29) is 35.2 Å². The Labute approximate surface area is 237 Å². The molecule has 8 nitrogen and oxygen atoms in total. The van der Waals surface area contributed by atoms with E-state index in [1.54, 1.807) is 0 Å². The molecule has 5 rings (SSSR count). The van der Waals surface area contributed by atoms with Gasteiger partial charge in [0.05, 0.1) is 30.6 Å². The van der Waals surface area contributed by atoms with Crippen LogP contribution in [0.2, 0.25) is 0 Å². The van der Waals surface area contributed by atoms with Crippen LogP contribution < -0.4 is 10.6 Å². The van der Waals surface area contributed by atoms with Gasteiger partial charge in [-0.15, -0.1) is 0 Å². The van der Waals surface area contributed by atoms with Crippen molar-refractivity contribution in [3.8, 4) is 0 Å². The Morgan fingerprint density at radius 2 is 1.79 bits per heavy atom. The largest absolute Gasteiger partial charge is 0.394 e. The Kier molecular flexibility index (Phi) is 8.12. The predicted octanol–water partition coefficient (Wildman–Crippen LogP) is 3.09. The summed E-state index contributed by atoms with van der Waals surface area (Å²) in [5.74, 6) is -2.51. The standard InChI is InChI=1S/C30H36BrN3O5/c1-3-10-18(2)33-28(37)26-30-15-21(31)25(39-30)23(27(36)32-16-19-11-6-4-7-12-19)24(30)29(38)34(26)22(17-35)20-13-8-5-9-14-20/h4-9,11-14,18,21-26,35H,3,10,15-17H2,1-2H3,(H,32,36)(H,33,37)/t18?,21?,22-,23+,24+,25+,26?,30?/m1/s1. The molecule has 9 heteroatoms. The fourth-order valence-electron chi connectivity index (χ4n) is 6.76. The first kappa shape index (κ1) is 27.8. The lowest BCUT2D eigenvalue weighted by molar-refractivity contribution is -0.146. The number of rotatable bonds is 10. The highest BCUT2D eigenvalue weighted by atomic mass is 79.9. The monoisotopic (exact) mass is 597 g/mol. The number of ether oxygens (including phenoxy) is 1. The number of aliphatic hydroxyl groups is 1. The Morgan fingerprint density at radius 1 is 1.13 bits per heavy atom. The molecule has 2 aromatic rings. The second-order valence-electron chi connectivity index (χ2n) is 10.9. The number of aliphatic hydroxyl groups excluding tert-OH is 1. The lowest BCUT2D eigenvalue weighted by Gasteiger charge is -2.37. The minimum Gasteiger partial charge on any atom is -0.394 e. The molecule has 3 amide bonds. The van der Waals surface area contributed by atoms with E-state index in [9.17, 15) is 19.5 Å². The molecule has 0 radical (unpaired) electrons. The highest BCUT2D eigenvalue weighted by molar-refractivity contribution is 9.09. The van der Waals surface area contributed by atoms with Crippen molar-refractivity contribution in [3.63, 3.8) is 0 Å². The normalized spacial score (nSPS) is 30.6. The second kappa shape index (κ2) is 11.4. The van der Waals surface area contributed by atoms with Crippen LogP contribution >= 0.6 is 15.9 Å². The predicted molar refractivity (Wildman–Crippen MR) is 150 cm³/mol. The van der Waals surface area contributed by atoms with Crippen LogP contribution in [0.1, 0.15) is 50.3 Å². The van der Waals surface area contributed by atoms with E-state index in [4.69, 9.17) is 4.74 Å². The number of carbonyl (C=O) groups excluding carboxylic acids is 3. The van der Waals surface area contributed by atoms with Crippen LogP contribution in [0.3, 0.4) is 0 Å². The molecule has 8 atom stereocenters. The second-order valence-corrected chi connectivity index (χ2v) is 12.1. The summed E-state index contributed by atoms with van der Waals surface area (Å²) in [6.07, 6.45) is 1.57. The lowest BCUT2D eigenvalue weighted by atomic mass is 9.70. The number of amides is 3. The maximum atomic E-state index is 14.3. The van der Waals surface area contributed by atoms with Crippen molar-refractivity contribution < 1.29 is 24.2 Å². The van der Waals surface area contributed by atoms with Crippen LogP contribution in [-0.4, -0.2) is 63.0 Å². The number of likely N-dealkylation sites (tertiary alicyclic amines) is 1. The van der Waals surface area contributed by atoms with Crippen molar-refractivity contribution in [2.24, 2.45) is 11.8 Å². The molecule has 39 heavy (non-hydrogen) atoms. The van der Waals surface area contributed by atoms with E-state index >= 15 is 0 Å². The van der Waals surface area contributed by atoms with Gasteiger partial charge >= 0.3 is 0 Å². The van der Waals surface area contributed by atoms with Gasteiger partial charge in [0.2, 0.25) is 17.7 Å². The summed E-state index contributed by atoms with van der Waals surface area (Å²) in [6.45, 7) is 3.96. The molecule has 3 saturated heterocycles. The molecule has 3 N–H and O–H groups in total. The van der Waals surface area contributed by atoms with E-state index in [2.05, 4.69) is 33.5 Å². The number of halogens is 1. The van der Waals surface area contributed by atoms with E-state index in [0.717, 1.165) is 24.0 Å². The molecule has 208 valence electrons. The van der Waals surface area contributed by atoms with Crippen molar-refractivity contribution in [2.75, 3.05) is 6.61 Å². The van der Waals surface area contributed by atoms with Crippen molar-refractivity contribution in [2.45, 2.75) is 74.3 Å². The van der Waals surface area contributed by atoms with Gasteiger partial charge < -0.3 is 25.4 Å². The number of fused-ring (bicyclic) bond motifs is 1. The van der Waals surface area contributed by atoms with Gasteiger partial charge in [0.1, 0.15) is 11.6 Å². The number of hydrogen-bond donors (Lipinski definition) is 3. The fourth-order valence-corrected chi connectivity index (χ4v) is 7.70. The molecular weight excluding hydrogens is 562 g/mol. The van der Waals surface area contributed by atoms with E-state index in [1.165, 1.54) is 4.90 Å². The van der Waals surface area contributed by atoms with Crippen LogP contribution in [0.4, 0.5) is 0 Å². The smallest absolute Gasteiger partial charge is 0.246 e. The van der Waals surface area contributed by atoms with Gasteiger partial charge in [0.25, 0.3) is 0 Å². The Balaban J connectivity index is 1.51. The minimum atomic E-state index is -1.18. The van der Waals surface area contributed by atoms with Gasteiger partial charge in [-0.2, -0.15) is 0 Å². The number of nitrogens with zero attached hydrogens (tertiary/aromatic N) is 1. The minimum absolute atomic E-state index is 0.0949. The van der Waals surface area contributed by atoms with Crippen LogP contribution in [0.15, 0.2) is 60.7 Å². The zero-order valence-electron chi connectivity index (χ0n) is 22.3. The summed E-state index contributed by atoms with van der Waals surface area (Å²) < 4.78 is 6.58. The number of benzene rings is 2. The molecule has 3 aliphatic rings. The summed E-state index contributed by atoms with van der Waals surface area (Å²) >= 11 is 3.71. The summed E-state index contributed by atoms with van der Waals surface area (Å²) in [6, 6.07) is 17.0. The highest BCUT2D eigenvalue weighted by Gasteiger charge is 2.77. The molecule has 0 aliphatic carbocycles. The molecule has 0 aromatic heterocycles. The SMILES string of the molecule is CCCC(C)NC(=O)C1N([C@H](CO)c2ccccc2)C(=O)[C@@H]2[C@H](C(=O)NCc3ccccc3)[C@H]3OC12CC3Br. The average molecular weight is 599 g/mol. The number of carbonyl (C=O) groups is 3. The van der Waals surface area contributed by atoms with E-state index in [1.807, 2.05) is 67.6 Å². The first-order chi connectivity index (χ1) is 18.8. The summed E-state index contributed by atoms with van der Waals surface area (Å²) in [5, 5.41) is 16.6. The van der Waals surface area contributed by atoms with Gasteiger partial charge in [-0.25, -0.2) is 0 Å². The van der Waals surface area contributed by atoms with Crippen LogP contribution in [0.25, 0.3) is 0 Å².